The highest BCUT2D eigenvalue weighted by atomic mass is 16.4. The topological polar surface area (TPSA) is 140 Å². The normalized spacial score (nSPS) is 14.4. The van der Waals surface area contributed by atoms with Crippen molar-refractivity contribution in [3.63, 3.8) is 0 Å². The van der Waals surface area contributed by atoms with E-state index in [9.17, 15) is 14.4 Å². The number of carboxylic acid groups (broad SMARTS) is 1. The lowest BCUT2D eigenvalue weighted by atomic mass is 9.95. The summed E-state index contributed by atoms with van der Waals surface area (Å²) < 4.78 is 13.0. The van der Waals surface area contributed by atoms with Gasteiger partial charge in [0.1, 0.15) is 17.8 Å². The summed E-state index contributed by atoms with van der Waals surface area (Å²) in [6.07, 6.45) is 9.20. The average molecular weight is 581 g/mol. The van der Waals surface area contributed by atoms with E-state index in [2.05, 4.69) is 15.2 Å². The highest BCUT2D eigenvalue weighted by molar-refractivity contribution is 5.99. The lowest BCUT2D eigenvalue weighted by Crippen LogP contribution is -2.35. The third-order valence-electron chi connectivity index (χ3n) is 7.79. The number of aromatic carboxylic acids is 1. The van der Waals surface area contributed by atoms with Gasteiger partial charge in [0.15, 0.2) is 0 Å². The molecule has 10 heteroatoms. The second-order valence-corrected chi connectivity index (χ2v) is 11.0. The van der Waals surface area contributed by atoms with Crippen LogP contribution in [0.15, 0.2) is 82.0 Å². The minimum absolute atomic E-state index is 0.0586. The van der Waals surface area contributed by atoms with E-state index in [-0.39, 0.29) is 24.0 Å². The van der Waals surface area contributed by atoms with Crippen molar-refractivity contribution in [3.8, 4) is 22.7 Å². The molecule has 0 aliphatic heterocycles. The third-order valence-corrected chi connectivity index (χ3v) is 7.79. The summed E-state index contributed by atoms with van der Waals surface area (Å²) in [4.78, 5) is 42.0. The van der Waals surface area contributed by atoms with Crippen molar-refractivity contribution < 1.29 is 28.3 Å². The first-order chi connectivity index (χ1) is 20.9. The molecule has 10 nitrogen and oxygen atoms in total. The second-order valence-electron chi connectivity index (χ2n) is 11.0. The van der Waals surface area contributed by atoms with Crippen LogP contribution in [-0.2, 0) is 4.79 Å². The molecular formula is C33H32N4O6. The molecule has 3 heterocycles. The van der Waals surface area contributed by atoms with Gasteiger partial charge in [-0.1, -0.05) is 31.4 Å². The van der Waals surface area contributed by atoms with E-state index >= 15 is 0 Å². The molecule has 5 aromatic rings. The van der Waals surface area contributed by atoms with Crippen LogP contribution < -0.4 is 10.6 Å². The fourth-order valence-electron chi connectivity index (χ4n) is 5.75. The smallest absolute Gasteiger partial charge is 0.371 e. The van der Waals surface area contributed by atoms with Gasteiger partial charge >= 0.3 is 5.97 Å². The van der Waals surface area contributed by atoms with Crippen LogP contribution in [0.3, 0.4) is 0 Å². The molecule has 1 atom stereocenters. The Morgan fingerprint density at radius 2 is 1.86 bits per heavy atom. The summed E-state index contributed by atoms with van der Waals surface area (Å²) in [6.45, 7) is 1.78. The number of anilines is 1. The number of imidazole rings is 1. The van der Waals surface area contributed by atoms with Crippen LogP contribution in [0, 0.1) is 0 Å². The molecule has 6 rings (SSSR count). The first-order valence-corrected chi connectivity index (χ1v) is 14.4. The summed E-state index contributed by atoms with van der Waals surface area (Å²) in [6, 6.07) is 17.3. The summed E-state index contributed by atoms with van der Waals surface area (Å²) >= 11 is 0. The number of hydrogen-bond acceptors (Lipinski definition) is 6. The van der Waals surface area contributed by atoms with Gasteiger partial charge in [-0.25, -0.2) is 9.78 Å². The number of rotatable bonds is 9. The Morgan fingerprint density at radius 3 is 2.60 bits per heavy atom. The molecule has 3 N–H and O–H groups in total. The third kappa shape index (κ3) is 6.08. The Kier molecular flexibility index (Phi) is 7.83. The second kappa shape index (κ2) is 12.0. The number of carbonyl (C=O) groups is 3. The van der Waals surface area contributed by atoms with E-state index in [1.54, 1.807) is 61.9 Å². The molecule has 220 valence electrons. The summed E-state index contributed by atoms with van der Waals surface area (Å²) in [7, 11) is 0. The van der Waals surface area contributed by atoms with Crippen molar-refractivity contribution >= 4 is 34.5 Å². The van der Waals surface area contributed by atoms with Crippen LogP contribution in [0.4, 0.5) is 5.69 Å². The van der Waals surface area contributed by atoms with Gasteiger partial charge in [-0.05, 0) is 68.3 Å². The van der Waals surface area contributed by atoms with E-state index in [0.29, 0.717) is 28.6 Å². The van der Waals surface area contributed by atoms with Gasteiger partial charge in [0.05, 0.1) is 22.9 Å². The molecule has 3 aromatic heterocycles. The fourth-order valence-corrected chi connectivity index (χ4v) is 5.75. The molecule has 1 fully saturated rings. The zero-order chi connectivity index (χ0) is 29.9. The van der Waals surface area contributed by atoms with E-state index in [1.165, 1.54) is 25.3 Å². The zero-order valence-corrected chi connectivity index (χ0v) is 23.7. The quantitative estimate of drug-likeness (QED) is 0.172. The Balaban J connectivity index is 1.12. The van der Waals surface area contributed by atoms with Crippen LogP contribution in [0.2, 0.25) is 0 Å². The zero-order valence-electron chi connectivity index (χ0n) is 23.7. The number of aromatic nitrogens is 2. The lowest BCUT2D eigenvalue weighted by Gasteiger charge is -2.25. The van der Waals surface area contributed by atoms with Gasteiger partial charge in [0.25, 0.3) is 5.91 Å². The highest BCUT2D eigenvalue weighted by Gasteiger charge is 2.24. The molecule has 2 aromatic carbocycles. The number of fused-ring (bicyclic) bond motifs is 1. The van der Waals surface area contributed by atoms with Crippen molar-refractivity contribution in [2.24, 2.45) is 0 Å². The van der Waals surface area contributed by atoms with Gasteiger partial charge in [0.2, 0.25) is 11.7 Å². The number of furan rings is 2. The maximum absolute atomic E-state index is 13.2. The molecule has 0 spiro atoms. The number of amides is 2. The molecule has 1 aliphatic rings. The number of benzene rings is 2. The molecule has 43 heavy (non-hydrogen) atoms. The maximum Gasteiger partial charge on any atom is 0.371 e. The number of nitrogens with one attached hydrogen (secondary N) is 2. The molecule has 0 radical (unpaired) electrons. The van der Waals surface area contributed by atoms with Gasteiger partial charge in [-0.2, -0.15) is 0 Å². The van der Waals surface area contributed by atoms with E-state index < -0.39 is 12.0 Å². The SMILES string of the molecule is CC(CC(=O)Nc1cccc(-c2ccc(C(=O)O)o2)c1)NC(=O)c1ccc2c(c1)nc(-c1ccoc1)n2C1CCCCC1. The predicted octanol–water partition coefficient (Wildman–Crippen LogP) is 6.91. The number of hydrogen-bond donors (Lipinski definition) is 3. The van der Waals surface area contributed by atoms with Crippen LogP contribution in [0.5, 0.6) is 0 Å². The fraction of sp³-hybridized carbons (Fsp3) is 0.273. The van der Waals surface area contributed by atoms with Gasteiger partial charge < -0.3 is 29.1 Å². The average Bonchev–Trinajstić information content (AvgIpc) is 3.77. The molecular weight excluding hydrogens is 548 g/mol. The van der Waals surface area contributed by atoms with Gasteiger partial charge in [0, 0.05) is 35.3 Å². The van der Waals surface area contributed by atoms with Crippen LogP contribution in [0.25, 0.3) is 33.7 Å². The van der Waals surface area contributed by atoms with Crippen molar-refractivity contribution in [1.82, 2.24) is 14.9 Å². The van der Waals surface area contributed by atoms with Crippen molar-refractivity contribution in [2.45, 2.75) is 57.5 Å². The van der Waals surface area contributed by atoms with Crippen LogP contribution >= 0.6 is 0 Å². The Labute approximate surface area is 247 Å². The van der Waals surface area contributed by atoms with Gasteiger partial charge in [-0.3, -0.25) is 9.59 Å². The number of carbonyl (C=O) groups excluding carboxylic acids is 2. The maximum atomic E-state index is 13.2. The molecule has 1 saturated carbocycles. The summed E-state index contributed by atoms with van der Waals surface area (Å²) in [5.41, 5.74) is 4.27. The molecule has 1 aliphatic carbocycles. The minimum Gasteiger partial charge on any atom is -0.475 e. The van der Waals surface area contributed by atoms with E-state index in [1.807, 2.05) is 12.1 Å². The molecule has 1 unspecified atom stereocenters. The van der Waals surface area contributed by atoms with Crippen molar-refractivity contribution in [3.05, 3.63) is 84.5 Å². The highest BCUT2D eigenvalue weighted by Crippen LogP contribution is 2.36. The van der Waals surface area contributed by atoms with Crippen LogP contribution in [-0.4, -0.2) is 38.5 Å². The van der Waals surface area contributed by atoms with Crippen molar-refractivity contribution in [2.75, 3.05) is 5.32 Å². The Hall–Kier alpha value is -5.12. The van der Waals surface area contributed by atoms with Gasteiger partial charge in [-0.15, -0.1) is 0 Å². The van der Waals surface area contributed by atoms with E-state index in [0.717, 1.165) is 35.3 Å². The molecule has 2 amide bonds. The van der Waals surface area contributed by atoms with E-state index in [4.69, 9.17) is 18.9 Å². The van der Waals surface area contributed by atoms with Crippen LogP contribution in [0.1, 0.15) is 72.4 Å². The number of nitrogens with zero attached hydrogens (tertiary/aromatic N) is 2. The summed E-state index contributed by atoms with van der Waals surface area (Å²) in [5.74, 6) is -0.650. The lowest BCUT2D eigenvalue weighted by molar-refractivity contribution is -0.116. The first kappa shape index (κ1) is 28.0. The summed E-state index contributed by atoms with van der Waals surface area (Å²) in [5, 5.41) is 14.8. The largest absolute Gasteiger partial charge is 0.475 e. The van der Waals surface area contributed by atoms with Crippen molar-refractivity contribution in [1.29, 1.82) is 0 Å². The minimum atomic E-state index is -1.15. The molecule has 0 bridgehead atoms. The Bertz CT molecular complexity index is 1780. The predicted molar refractivity (Wildman–Crippen MR) is 161 cm³/mol. The standard InChI is InChI=1S/C33H32N4O6/c1-20(16-30(38)35-24-7-5-6-21(17-24)28-12-13-29(43-28)33(40)41)34-32(39)22-10-11-27-26(18-22)36-31(23-14-15-42-19-23)37(27)25-8-3-2-4-9-25/h5-7,10-15,17-20,25H,2-4,8-9,16H2,1H3,(H,34,39)(H,35,38)(H,40,41). The monoisotopic (exact) mass is 580 g/mol. The Morgan fingerprint density at radius 1 is 1.02 bits per heavy atom. The number of carboxylic acids is 1. The first-order valence-electron chi connectivity index (χ1n) is 14.4. The molecule has 0 saturated heterocycles.